The smallest absolute Gasteiger partial charge is 0.330 e. The van der Waals surface area contributed by atoms with Crippen molar-refractivity contribution in [2.24, 2.45) is 0 Å². The minimum Gasteiger partial charge on any atom is -0.481 e. The maximum atomic E-state index is 10.9. The molecule has 0 aliphatic heterocycles. The first-order chi connectivity index (χ1) is 7.17. The molecule has 0 N–H and O–H groups in total. The van der Waals surface area contributed by atoms with Gasteiger partial charge in [0.2, 0.25) is 5.88 Å². The van der Waals surface area contributed by atoms with Crippen LogP contribution >= 0.6 is 0 Å². The van der Waals surface area contributed by atoms with E-state index in [1.807, 2.05) is 6.92 Å². The molecule has 0 saturated heterocycles. The number of nitrogens with zero attached hydrogens (tertiary/aromatic N) is 1. The summed E-state index contributed by atoms with van der Waals surface area (Å²) in [5, 5.41) is 0. The summed E-state index contributed by atoms with van der Waals surface area (Å²) in [6.45, 7) is 1.92. The van der Waals surface area contributed by atoms with Crippen molar-refractivity contribution in [1.82, 2.24) is 4.98 Å². The topological polar surface area (TPSA) is 48.4 Å². The van der Waals surface area contributed by atoms with E-state index in [-0.39, 0.29) is 5.97 Å². The fraction of sp³-hybridized carbons (Fsp3) is 0.273. The molecule has 0 fully saturated rings. The summed E-state index contributed by atoms with van der Waals surface area (Å²) in [5.74, 6) is 0.174. The third kappa shape index (κ3) is 3.09. The minimum absolute atomic E-state index is 0.384. The summed E-state index contributed by atoms with van der Waals surface area (Å²) in [6.07, 6.45) is 4.66. The number of pyridine rings is 1. The number of rotatable bonds is 3. The predicted molar refractivity (Wildman–Crippen MR) is 56.6 cm³/mol. The Labute approximate surface area is 88.5 Å². The molecule has 0 aromatic carbocycles. The Morgan fingerprint density at radius 3 is 2.73 bits per heavy atom. The van der Waals surface area contributed by atoms with Gasteiger partial charge in [-0.25, -0.2) is 9.78 Å². The van der Waals surface area contributed by atoms with Gasteiger partial charge in [0.05, 0.1) is 14.2 Å². The second-order valence-electron chi connectivity index (χ2n) is 2.94. The second kappa shape index (κ2) is 5.14. The highest BCUT2D eigenvalue weighted by Gasteiger charge is 1.99. The molecule has 0 aliphatic rings. The molecule has 0 spiro atoms. The molecule has 4 nitrogen and oxygen atoms in total. The SMILES string of the molecule is COC(=O)/C=C/c1cnc(OC)cc1C. The van der Waals surface area contributed by atoms with E-state index in [1.165, 1.54) is 13.2 Å². The van der Waals surface area contributed by atoms with Gasteiger partial charge >= 0.3 is 5.97 Å². The zero-order chi connectivity index (χ0) is 11.3. The summed E-state index contributed by atoms with van der Waals surface area (Å²) >= 11 is 0. The first-order valence-corrected chi connectivity index (χ1v) is 4.44. The molecule has 1 rings (SSSR count). The number of hydrogen-bond acceptors (Lipinski definition) is 4. The van der Waals surface area contributed by atoms with Gasteiger partial charge < -0.3 is 9.47 Å². The fourth-order valence-corrected chi connectivity index (χ4v) is 1.05. The lowest BCUT2D eigenvalue weighted by Crippen LogP contribution is -1.94. The van der Waals surface area contributed by atoms with Crippen LogP contribution in [0.25, 0.3) is 6.08 Å². The first-order valence-electron chi connectivity index (χ1n) is 4.44. The predicted octanol–water partition coefficient (Wildman–Crippen LogP) is 1.58. The van der Waals surface area contributed by atoms with Gasteiger partial charge in [0.15, 0.2) is 0 Å². The van der Waals surface area contributed by atoms with Gasteiger partial charge in [-0.1, -0.05) is 0 Å². The second-order valence-corrected chi connectivity index (χ2v) is 2.94. The van der Waals surface area contributed by atoms with Gasteiger partial charge in [-0.05, 0) is 24.1 Å². The highest BCUT2D eigenvalue weighted by molar-refractivity contribution is 5.87. The monoisotopic (exact) mass is 207 g/mol. The van der Waals surface area contributed by atoms with E-state index in [1.54, 1.807) is 25.4 Å². The quantitative estimate of drug-likeness (QED) is 0.557. The normalized spacial score (nSPS) is 10.3. The zero-order valence-electron chi connectivity index (χ0n) is 8.98. The molecule has 1 aromatic rings. The van der Waals surface area contributed by atoms with Crippen molar-refractivity contribution < 1.29 is 14.3 Å². The fourth-order valence-electron chi connectivity index (χ4n) is 1.05. The summed E-state index contributed by atoms with van der Waals surface area (Å²) in [6, 6.07) is 1.80. The van der Waals surface area contributed by atoms with Crippen molar-refractivity contribution in [1.29, 1.82) is 0 Å². The van der Waals surface area contributed by atoms with E-state index >= 15 is 0 Å². The Kier molecular flexibility index (Phi) is 3.85. The van der Waals surface area contributed by atoms with E-state index in [2.05, 4.69) is 9.72 Å². The molecule has 0 bridgehead atoms. The largest absolute Gasteiger partial charge is 0.481 e. The minimum atomic E-state index is -0.384. The molecule has 0 unspecified atom stereocenters. The van der Waals surface area contributed by atoms with Crippen molar-refractivity contribution in [2.45, 2.75) is 6.92 Å². The van der Waals surface area contributed by atoms with Crippen molar-refractivity contribution in [3.8, 4) is 5.88 Å². The van der Waals surface area contributed by atoms with Gasteiger partial charge in [-0.15, -0.1) is 0 Å². The Hall–Kier alpha value is -1.84. The maximum absolute atomic E-state index is 10.9. The molecule has 0 saturated carbocycles. The van der Waals surface area contributed by atoms with E-state index in [4.69, 9.17) is 4.74 Å². The number of ether oxygens (including phenoxy) is 2. The number of carbonyl (C=O) groups excluding carboxylic acids is 1. The molecule has 0 aliphatic carbocycles. The van der Waals surface area contributed by atoms with Crippen LogP contribution in [0.15, 0.2) is 18.3 Å². The van der Waals surface area contributed by atoms with Gasteiger partial charge in [0.1, 0.15) is 0 Å². The molecule has 80 valence electrons. The van der Waals surface area contributed by atoms with E-state index < -0.39 is 0 Å². The Morgan fingerprint density at radius 2 is 2.20 bits per heavy atom. The Bertz CT molecular complexity index is 385. The molecular formula is C11H13NO3. The molecular weight excluding hydrogens is 194 g/mol. The van der Waals surface area contributed by atoms with Gasteiger partial charge in [0.25, 0.3) is 0 Å². The number of hydrogen-bond donors (Lipinski definition) is 0. The Morgan fingerprint density at radius 1 is 1.47 bits per heavy atom. The first kappa shape index (κ1) is 11.2. The number of aryl methyl sites for hydroxylation is 1. The molecule has 1 aromatic heterocycles. The number of carbonyl (C=O) groups is 1. The van der Waals surface area contributed by atoms with Crippen LogP contribution in [0.2, 0.25) is 0 Å². The summed E-state index contributed by atoms with van der Waals surface area (Å²) in [7, 11) is 2.90. The standard InChI is InChI=1S/C11H13NO3/c1-8-6-10(14-2)12-7-9(8)4-5-11(13)15-3/h4-7H,1-3H3/b5-4+. The van der Waals surface area contributed by atoms with Crippen LogP contribution in [-0.2, 0) is 9.53 Å². The zero-order valence-corrected chi connectivity index (χ0v) is 8.98. The third-order valence-corrected chi connectivity index (χ3v) is 1.94. The van der Waals surface area contributed by atoms with Crippen LogP contribution in [-0.4, -0.2) is 25.2 Å². The highest BCUT2D eigenvalue weighted by atomic mass is 16.5. The van der Waals surface area contributed by atoms with E-state index in [9.17, 15) is 4.79 Å². The van der Waals surface area contributed by atoms with Crippen molar-refractivity contribution >= 4 is 12.0 Å². The number of aromatic nitrogens is 1. The van der Waals surface area contributed by atoms with Gasteiger partial charge in [-0.3, -0.25) is 0 Å². The van der Waals surface area contributed by atoms with Crippen molar-refractivity contribution in [2.75, 3.05) is 14.2 Å². The van der Waals surface area contributed by atoms with Crippen LogP contribution in [0, 0.1) is 6.92 Å². The third-order valence-electron chi connectivity index (χ3n) is 1.94. The summed E-state index contributed by atoms with van der Waals surface area (Å²) < 4.78 is 9.46. The van der Waals surface area contributed by atoms with Crippen molar-refractivity contribution in [3.63, 3.8) is 0 Å². The molecule has 1 heterocycles. The highest BCUT2D eigenvalue weighted by Crippen LogP contribution is 2.14. The van der Waals surface area contributed by atoms with Crippen LogP contribution in [0.5, 0.6) is 5.88 Å². The summed E-state index contributed by atoms with van der Waals surface area (Å²) in [5.41, 5.74) is 1.85. The van der Waals surface area contributed by atoms with Crippen LogP contribution < -0.4 is 4.74 Å². The van der Waals surface area contributed by atoms with E-state index in [0.29, 0.717) is 5.88 Å². The number of methoxy groups -OCH3 is 2. The summed E-state index contributed by atoms with van der Waals surface area (Å²) in [4.78, 5) is 14.9. The van der Waals surface area contributed by atoms with Gasteiger partial charge in [0, 0.05) is 18.3 Å². The van der Waals surface area contributed by atoms with Crippen molar-refractivity contribution in [3.05, 3.63) is 29.5 Å². The lowest BCUT2D eigenvalue weighted by molar-refractivity contribution is -0.134. The molecule has 0 atom stereocenters. The lowest BCUT2D eigenvalue weighted by atomic mass is 10.1. The van der Waals surface area contributed by atoms with Crippen LogP contribution in [0.4, 0.5) is 0 Å². The lowest BCUT2D eigenvalue weighted by Gasteiger charge is -2.02. The molecule has 15 heavy (non-hydrogen) atoms. The molecule has 0 amide bonds. The maximum Gasteiger partial charge on any atom is 0.330 e. The average molecular weight is 207 g/mol. The van der Waals surface area contributed by atoms with Gasteiger partial charge in [-0.2, -0.15) is 0 Å². The van der Waals surface area contributed by atoms with Crippen LogP contribution in [0.3, 0.4) is 0 Å². The van der Waals surface area contributed by atoms with Crippen LogP contribution in [0.1, 0.15) is 11.1 Å². The molecule has 0 radical (unpaired) electrons. The number of esters is 1. The van der Waals surface area contributed by atoms with E-state index in [0.717, 1.165) is 11.1 Å². The molecule has 4 heteroatoms. The average Bonchev–Trinajstić information content (AvgIpc) is 2.26. The Balaban J connectivity index is 2.87.